The number of nitrogens with zero attached hydrogens (tertiary/aromatic N) is 5. The number of hydrogen-bond acceptors (Lipinski definition) is 4. The molecule has 1 atom stereocenters. The fourth-order valence-electron chi connectivity index (χ4n) is 3.10. The van der Waals surface area contributed by atoms with Crippen LogP contribution in [0.5, 0.6) is 0 Å². The van der Waals surface area contributed by atoms with Crippen molar-refractivity contribution >= 4 is 17.3 Å². The molecule has 1 aromatic carbocycles. The maximum atomic E-state index is 9.34. The quantitative estimate of drug-likeness (QED) is 0.872. The lowest BCUT2D eigenvalue weighted by molar-refractivity contribution is 0.473. The van der Waals surface area contributed by atoms with Crippen LogP contribution in [-0.2, 0) is 6.54 Å². The molecule has 0 saturated carbocycles. The monoisotopic (exact) mass is 315 g/mol. The van der Waals surface area contributed by atoms with Crippen molar-refractivity contribution in [3.05, 3.63) is 40.9 Å². The first-order chi connectivity index (χ1) is 10.7. The van der Waals surface area contributed by atoms with Crippen molar-refractivity contribution in [1.82, 2.24) is 14.8 Å². The molecule has 0 amide bonds. The smallest absolute Gasteiger partial charge is 0.137 e. The molecule has 5 nitrogen and oxygen atoms in total. The van der Waals surface area contributed by atoms with Crippen LogP contribution in [0.1, 0.15) is 37.1 Å². The predicted molar refractivity (Wildman–Crippen MR) is 86.1 cm³/mol. The molecule has 1 saturated heterocycles. The number of aromatic nitrogens is 3. The summed E-state index contributed by atoms with van der Waals surface area (Å²) >= 11 is 5.99. The SMILES string of the molecule is CCn1cnnc1[C@@H]1CCCN(c2ccc(Cl)cc2C#N)C1. The fourth-order valence-corrected chi connectivity index (χ4v) is 3.28. The van der Waals surface area contributed by atoms with Crippen molar-refractivity contribution in [3.8, 4) is 6.07 Å². The second kappa shape index (κ2) is 6.37. The Morgan fingerprint density at radius 1 is 1.45 bits per heavy atom. The van der Waals surface area contributed by atoms with Crippen molar-refractivity contribution in [2.45, 2.75) is 32.2 Å². The summed E-state index contributed by atoms with van der Waals surface area (Å²) in [6.07, 6.45) is 3.97. The van der Waals surface area contributed by atoms with Gasteiger partial charge in [0.25, 0.3) is 0 Å². The van der Waals surface area contributed by atoms with Crippen LogP contribution in [0.25, 0.3) is 0 Å². The second-order valence-corrected chi connectivity index (χ2v) is 5.97. The molecule has 1 fully saturated rings. The van der Waals surface area contributed by atoms with Gasteiger partial charge in [-0.1, -0.05) is 11.6 Å². The van der Waals surface area contributed by atoms with Crippen LogP contribution in [0.2, 0.25) is 5.02 Å². The Morgan fingerprint density at radius 2 is 2.32 bits per heavy atom. The minimum atomic E-state index is 0.346. The lowest BCUT2D eigenvalue weighted by Crippen LogP contribution is -2.35. The van der Waals surface area contributed by atoms with E-state index in [0.717, 1.165) is 44.0 Å². The van der Waals surface area contributed by atoms with E-state index in [1.54, 1.807) is 12.4 Å². The molecule has 0 bridgehead atoms. The summed E-state index contributed by atoms with van der Waals surface area (Å²) in [7, 11) is 0. The van der Waals surface area contributed by atoms with Gasteiger partial charge in [0.05, 0.1) is 11.3 Å². The van der Waals surface area contributed by atoms with E-state index >= 15 is 0 Å². The first-order valence-electron chi connectivity index (χ1n) is 7.55. The van der Waals surface area contributed by atoms with E-state index < -0.39 is 0 Å². The molecule has 1 aliphatic rings. The summed E-state index contributed by atoms with van der Waals surface area (Å²) in [5, 5.41) is 18.3. The number of benzene rings is 1. The van der Waals surface area contributed by atoms with Crippen LogP contribution in [0.3, 0.4) is 0 Å². The number of aryl methyl sites for hydroxylation is 1. The first-order valence-corrected chi connectivity index (χ1v) is 7.93. The predicted octanol–water partition coefficient (Wildman–Crippen LogP) is 3.21. The molecule has 114 valence electrons. The summed E-state index contributed by atoms with van der Waals surface area (Å²) in [4.78, 5) is 2.26. The lowest BCUT2D eigenvalue weighted by atomic mass is 9.96. The fraction of sp³-hybridized carbons (Fsp3) is 0.438. The van der Waals surface area contributed by atoms with Gasteiger partial charge >= 0.3 is 0 Å². The molecule has 3 rings (SSSR count). The Morgan fingerprint density at radius 3 is 3.09 bits per heavy atom. The summed E-state index contributed by atoms with van der Waals surface area (Å²) in [5.74, 6) is 1.39. The highest BCUT2D eigenvalue weighted by Crippen LogP contribution is 2.31. The van der Waals surface area contributed by atoms with Gasteiger partial charge in [0.15, 0.2) is 0 Å². The van der Waals surface area contributed by atoms with Gasteiger partial charge in [-0.15, -0.1) is 10.2 Å². The summed E-state index contributed by atoms with van der Waals surface area (Å²) < 4.78 is 2.10. The topological polar surface area (TPSA) is 57.7 Å². The van der Waals surface area contributed by atoms with Crippen LogP contribution in [-0.4, -0.2) is 27.9 Å². The minimum absolute atomic E-state index is 0.346. The zero-order chi connectivity index (χ0) is 15.5. The molecule has 0 spiro atoms. The third-order valence-corrected chi connectivity index (χ3v) is 4.43. The van der Waals surface area contributed by atoms with Gasteiger partial charge in [-0.05, 0) is 38.0 Å². The summed E-state index contributed by atoms with van der Waals surface area (Å²) in [6.45, 7) is 4.78. The first kappa shape index (κ1) is 14.9. The number of halogens is 1. The van der Waals surface area contributed by atoms with E-state index in [0.29, 0.717) is 16.5 Å². The third kappa shape index (κ3) is 2.79. The van der Waals surface area contributed by atoms with Gasteiger partial charge in [0, 0.05) is 30.6 Å². The van der Waals surface area contributed by atoms with Crippen molar-refractivity contribution in [3.63, 3.8) is 0 Å². The molecule has 2 heterocycles. The molecule has 2 aromatic rings. The van der Waals surface area contributed by atoms with Crippen LogP contribution in [0.4, 0.5) is 5.69 Å². The van der Waals surface area contributed by atoms with Crippen LogP contribution in [0, 0.1) is 11.3 Å². The Balaban J connectivity index is 1.86. The number of rotatable bonds is 3. The van der Waals surface area contributed by atoms with E-state index in [1.807, 2.05) is 12.1 Å². The third-order valence-electron chi connectivity index (χ3n) is 4.19. The van der Waals surface area contributed by atoms with Gasteiger partial charge in [-0.3, -0.25) is 0 Å². The van der Waals surface area contributed by atoms with Gasteiger partial charge in [0.1, 0.15) is 18.2 Å². The zero-order valence-electron chi connectivity index (χ0n) is 12.5. The van der Waals surface area contributed by atoms with Crippen molar-refractivity contribution in [1.29, 1.82) is 5.26 Å². The van der Waals surface area contributed by atoms with Crippen molar-refractivity contribution < 1.29 is 0 Å². The minimum Gasteiger partial charge on any atom is -0.370 e. The number of anilines is 1. The van der Waals surface area contributed by atoms with Gasteiger partial charge in [-0.2, -0.15) is 5.26 Å². The number of piperidine rings is 1. The molecule has 1 aromatic heterocycles. The Hall–Kier alpha value is -2.06. The molecule has 22 heavy (non-hydrogen) atoms. The normalized spacial score (nSPS) is 18.2. The Labute approximate surface area is 135 Å². The second-order valence-electron chi connectivity index (χ2n) is 5.53. The molecule has 6 heteroatoms. The van der Waals surface area contributed by atoms with E-state index in [1.165, 1.54) is 0 Å². The van der Waals surface area contributed by atoms with E-state index in [-0.39, 0.29) is 0 Å². The maximum absolute atomic E-state index is 9.34. The summed E-state index contributed by atoms with van der Waals surface area (Å²) in [5.41, 5.74) is 1.59. The van der Waals surface area contributed by atoms with Crippen LogP contribution < -0.4 is 4.90 Å². The molecular weight excluding hydrogens is 298 g/mol. The van der Waals surface area contributed by atoms with Gasteiger partial charge in [-0.25, -0.2) is 0 Å². The van der Waals surface area contributed by atoms with Crippen LogP contribution in [0.15, 0.2) is 24.5 Å². The Kier molecular flexibility index (Phi) is 4.30. The molecule has 0 unspecified atom stereocenters. The van der Waals surface area contributed by atoms with Gasteiger partial charge in [0.2, 0.25) is 0 Å². The largest absolute Gasteiger partial charge is 0.370 e. The molecule has 0 aliphatic carbocycles. The van der Waals surface area contributed by atoms with Gasteiger partial charge < -0.3 is 9.47 Å². The highest BCUT2D eigenvalue weighted by molar-refractivity contribution is 6.30. The van der Waals surface area contributed by atoms with E-state index in [9.17, 15) is 5.26 Å². The maximum Gasteiger partial charge on any atom is 0.137 e. The highest BCUT2D eigenvalue weighted by atomic mass is 35.5. The number of nitriles is 1. The van der Waals surface area contributed by atoms with Crippen molar-refractivity contribution in [2.75, 3.05) is 18.0 Å². The Bertz CT molecular complexity index is 703. The van der Waals surface area contributed by atoms with E-state index in [4.69, 9.17) is 11.6 Å². The molecule has 0 N–H and O–H groups in total. The zero-order valence-corrected chi connectivity index (χ0v) is 13.3. The van der Waals surface area contributed by atoms with Crippen LogP contribution >= 0.6 is 11.6 Å². The molecule has 1 aliphatic heterocycles. The number of hydrogen-bond donors (Lipinski definition) is 0. The lowest BCUT2D eigenvalue weighted by Gasteiger charge is -2.34. The molecule has 0 radical (unpaired) electrons. The molecular formula is C16H18ClN5. The average Bonchev–Trinajstić information content (AvgIpc) is 3.03. The van der Waals surface area contributed by atoms with Crippen molar-refractivity contribution in [2.24, 2.45) is 0 Å². The highest BCUT2D eigenvalue weighted by Gasteiger charge is 2.26. The standard InChI is InChI=1S/C16H18ClN5/c1-2-21-11-19-20-16(21)12-4-3-7-22(10-12)15-6-5-14(17)8-13(15)9-18/h5-6,8,11-12H,2-4,7,10H2,1H3/t12-/m1/s1. The average molecular weight is 316 g/mol. The summed E-state index contributed by atoms with van der Waals surface area (Å²) in [6, 6.07) is 7.76. The van der Waals surface area contributed by atoms with E-state index in [2.05, 4.69) is 32.7 Å².